The summed E-state index contributed by atoms with van der Waals surface area (Å²) in [4.78, 5) is 11.6. The van der Waals surface area contributed by atoms with Crippen LogP contribution in [0.2, 0.25) is 0 Å². The van der Waals surface area contributed by atoms with Crippen LogP contribution in [0.3, 0.4) is 0 Å². The van der Waals surface area contributed by atoms with E-state index in [0.29, 0.717) is 12.3 Å². The molecule has 0 saturated heterocycles. The first-order chi connectivity index (χ1) is 9.15. The molecule has 3 rings (SSSR count). The van der Waals surface area contributed by atoms with Crippen molar-refractivity contribution >= 4 is 11.6 Å². The van der Waals surface area contributed by atoms with Crippen molar-refractivity contribution in [3.05, 3.63) is 28.8 Å². The van der Waals surface area contributed by atoms with Crippen LogP contribution in [0.4, 0.5) is 5.69 Å². The number of amides is 1. The quantitative estimate of drug-likeness (QED) is 0.857. The SMILES string of the molecule is Cc1cc2c(c(C(O)C3CCCCC3)c1)NC(=O)C2. The summed E-state index contributed by atoms with van der Waals surface area (Å²) >= 11 is 0. The molecule has 3 heteroatoms. The highest BCUT2D eigenvalue weighted by atomic mass is 16.3. The normalized spacial score (nSPS) is 21.1. The standard InChI is InChI=1S/C16H21NO2/c1-10-7-12-9-14(18)17-15(12)13(8-10)16(19)11-5-3-2-4-6-11/h7-8,11,16,19H,2-6,9H2,1H3,(H,17,18). The second-order valence-corrected chi connectivity index (χ2v) is 5.96. The number of benzene rings is 1. The van der Waals surface area contributed by atoms with Gasteiger partial charge in [0.1, 0.15) is 0 Å². The molecule has 1 saturated carbocycles. The lowest BCUT2D eigenvalue weighted by atomic mass is 9.81. The fourth-order valence-corrected chi connectivity index (χ4v) is 3.48. The maximum atomic E-state index is 11.6. The molecular weight excluding hydrogens is 238 g/mol. The molecule has 0 bridgehead atoms. The van der Waals surface area contributed by atoms with Crippen molar-refractivity contribution in [2.75, 3.05) is 5.32 Å². The molecule has 1 atom stereocenters. The molecule has 0 spiro atoms. The first-order valence-corrected chi connectivity index (χ1v) is 7.26. The van der Waals surface area contributed by atoms with Gasteiger partial charge in [-0.1, -0.05) is 37.0 Å². The maximum Gasteiger partial charge on any atom is 0.228 e. The largest absolute Gasteiger partial charge is 0.388 e. The molecule has 3 nitrogen and oxygen atoms in total. The number of aryl methyl sites for hydroxylation is 1. The van der Waals surface area contributed by atoms with Crippen molar-refractivity contribution in [3.63, 3.8) is 0 Å². The van der Waals surface area contributed by atoms with Crippen LogP contribution < -0.4 is 5.32 Å². The Labute approximate surface area is 114 Å². The van der Waals surface area contributed by atoms with Gasteiger partial charge in [-0.3, -0.25) is 4.79 Å². The van der Waals surface area contributed by atoms with Crippen LogP contribution in [0.1, 0.15) is 54.9 Å². The lowest BCUT2D eigenvalue weighted by molar-refractivity contribution is -0.115. The Balaban J connectivity index is 1.93. The van der Waals surface area contributed by atoms with Crippen LogP contribution in [0, 0.1) is 12.8 Å². The molecule has 1 fully saturated rings. The highest BCUT2D eigenvalue weighted by Crippen LogP contribution is 2.40. The molecule has 19 heavy (non-hydrogen) atoms. The third-order valence-electron chi connectivity index (χ3n) is 4.43. The van der Waals surface area contributed by atoms with Gasteiger partial charge < -0.3 is 10.4 Å². The molecule has 1 heterocycles. The third kappa shape index (κ3) is 2.39. The van der Waals surface area contributed by atoms with Gasteiger partial charge in [-0.05, 0) is 31.2 Å². The van der Waals surface area contributed by atoms with Crippen LogP contribution in [0.15, 0.2) is 12.1 Å². The number of carbonyl (C=O) groups is 1. The predicted molar refractivity (Wildman–Crippen MR) is 75.0 cm³/mol. The average molecular weight is 259 g/mol. The Morgan fingerprint density at radius 3 is 2.74 bits per heavy atom. The van der Waals surface area contributed by atoms with Crippen LogP contribution >= 0.6 is 0 Å². The van der Waals surface area contributed by atoms with E-state index >= 15 is 0 Å². The van der Waals surface area contributed by atoms with Crippen molar-refractivity contribution in [1.29, 1.82) is 0 Å². The van der Waals surface area contributed by atoms with Crippen molar-refractivity contribution in [1.82, 2.24) is 0 Å². The third-order valence-corrected chi connectivity index (χ3v) is 4.43. The maximum absolute atomic E-state index is 11.6. The van der Waals surface area contributed by atoms with Crippen LogP contribution in [0.5, 0.6) is 0 Å². The average Bonchev–Trinajstić information content (AvgIpc) is 2.78. The number of rotatable bonds is 2. The molecule has 2 N–H and O–H groups in total. The lowest BCUT2D eigenvalue weighted by Crippen LogP contribution is -2.17. The molecule has 2 aliphatic rings. The Hall–Kier alpha value is -1.35. The number of aliphatic hydroxyl groups excluding tert-OH is 1. The lowest BCUT2D eigenvalue weighted by Gasteiger charge is -2.28. The van der Waals surface area contributed by atoms with Crippen LogP contribution in [-0.4, -0.2) is 11.0 Å². The van der Waals surface area contributed by atoms with E-state index in [1.165, 1.54) is 19.3 Å². The van der Waals surface area contributed by atoms with E-state index in [-0.39, 0.29) is 5.91 Å². The molecule has 102 valence electrons. The van der Waals surface area contributed by atoms with Gasteiger partial charge in [0.25, 0.3) is 0 Å². The van der Waals surface area contributed by atoms with Gasteiger partial charge in [0.15, 0.2) is 0 Å². The fourth-order valence-electron chi connectivity index (χ4n) is 3.48. The molecule has 1 aromatic carbocycles. The summed E-state index contributed by atoms with van der Waals surface area (Å²) in [7, 11) is 0. The van der Waals surface area contributed by atoms with E-state index < -0.39 is 6.10 Å². The van der Waals surface area contributed by atoms with Gasteiger partial charge >= 0.3 is 0 Å². The minimum absolute atomic E-state index is 0.0395. The first kappa shape index (κ1) is 12.7. The molecular formula is C16H21NO2. The van der Waals surface area contributed by atoms with Gasteiger partial charge in [0, 0.05) is 5.56 Å². The molecule has 1 unspecified atom stereocenters. The zero-order valence-corrected chi connectivity index (χ0v) is 11.4. The molecule has 1 aliphatic carbocycles. The zero-order valence-electron chi connectivity index (χ0n) is 11.4. The number of fused-ring (bicyclic) bond motifs is 1. The molecule has 1 amide bonds. The van der Waals surface area contributed by atoms with Crippen molar-refractivity contribution < 1.29 is 9.90 Å². The zero-order chi connectivity index (χ0) is 13.4. The second-order valence-electron chi connectivity index (χ2n) is 5.96. The number of hydrogen-bond donors (Lipinski definition) is 2. The van der Waals surface area contributed by atoms with Gasteiger partial charge in [-0.2, -0.15) is 0 Å². The molecule has 0 radical (unpaired) electrons. The van der Waals surface area contributed by atoms with Gasteiger partial charge in [0.2, 0.25) is 5.91 Å². The van der Waals surface area contributed by atoms with E-state index in [2.05, 4.69) is 5.32 Å². The summed E-state index contributed by atoms with van der Waals surface area (Å²) < 4.78 is 0. The van der Waals surface area contributed by atoms with E-state index in [1.807, 2.05) is 19.1 Å². The van der Waals surface area contributed by atoms with E-state index in [0.717, 1.165) is 35.2 Å². The van der Waals surface area contributed by atoms with Crippen molar-refractivity contribution in [2.45, 2.75) is 51.6 Å². The Kier molecular flexibility index (Phi) is 3.31. The van der Waals surface area contributed by atoms with E-state index in [9.17, 15) is 9.90 Å². The van der Waals surface area contributed by atoms with Crippen molar-refractivity contribution in [3.8, 4) is 0 Å². The summed E-state index contributed by atoms with van der Waals surface area (Å²) in [5.74, 6) is 0.384. The topological polar surface area (TPSA) is 49.3 Å². The van der Waals surface area contributed by atoms with E-state index in [4.69, 9.17) is 0 Å². The van der Waals surface area contributed by atoms with Crippen LogP contribution in [-0.2, 0) is 11.2 Å². The summed E-state index contributed by atoms with van der Waals surface area (Å²) in [6, 6.07) is 4.08. The van der Waals surface area contributed by atoms with E-state index in [1.54, 1.807) is 0 Å². The van der Waals surface area contributed by atoms with Crippen molar-refractivity contribution in [2.24, 2.45) is 5.92 Å². The number of hydrogen-bond acceptors (Lipinski definition) is 2. The van der Waals surface area contributed by atoms with Crippen LogP contribution in [0.25, 0.3) is 0 Å². The van der Waals surface area contributed by atoms with Gasteiger partial charge in [-0.15, -0.1) is 0 Å². The molecule has 1 aromatic rings. The Morgan fingerprint density at radius 1 is 1.26 bits per heavy atom. The Bertz CT molecular complexity index is 504. The molecule has 1 aliphatic heterocycles. The summed E-state index contributed by atoms with van der Waals surface area (Å²) in [5, 5.41) is 13.6. The first-order valence-electron chi connectivity index (χ1n) is 7.26. The smallest absolute Gasteiger partial charge is 0.228 e. The van der Waals surface area contributed by atoms with Gasteiger partial charge in [0.05, 0.1) is 18.2 Å². The summed E-state index contributed by atoms with van der Waals surface area (Å²) in [5.41, 5.74) is 3.95. The number of nitrogens with one attached hydrogen (secondary N) is 1. The number of anilines is 1. The summed E-state index contributed by atoms with van der Waals surface area (Å²) in [6.07, 6.45) is 5.90. The number of aliphatic hydroxyl groups is 1. The Morgan fingerprint density at radius 2 is 2.00 bits per heavy atom. The fraction of sp³-hybridized carbons (Fsp3) is 0.562. The molecule has 0 aromatic heterocycles. The second kappa shape index (κ2) is 4.97. The van der Waals surface area contributed by atoms with Gasteiger partial charge in [-0.25, -0.2) is 0 Å². The minimum Gasteiger partial charge on any atom is -0.388 e. The summed E-state index contributed by atoms with van der Waals surface area (Å²) in [6.45, 7) is 2.03. The highest BCUT2D eigenvalue weighted by Gasteiger charge is 2.29. The predicted octanol–water partition coefficient (Wildman–Crippen LogP) is 3.10. The number of carbonyl (C=O) groups excluding carboxylic acids is 1. The minimum atomic E-state index is -0.438. The highest BCUT2D eigenvalue weighted by molar-refractivity contribution is 6.00. The monoisotopic (exact) mass is 259 g/mol.